The minimum Gasteiger partial charge on any atom is -0.507 e. The van der Waals surface area contributed by atoms with Crippen molar-refractivity contribution in [3.8, 4) is 5.75 Å². The highest BCUT2D eigenvalue weighted by molar-refractivity contribution is 6.46. The number of ether oxygens (including phenoxy) is 2. The number of aliphatic hydroxyl groups is 1. The van der Waals surface area contributed by atoms with Crippen LogP contribution in [0.1, 0.15) is 42.5 Å². The zero-order valence-corrected chi connectivity index (χ0v) is 21.8. The number of carbonyl (C=O) groups is 2. The molecule has 1 N–H and O–H groups in total. The van der Waals surface area contributed by atoms with Gasteiger partial charge < -0.3 is 19.5 Å². The molecule has 8 heteroatoms. The summed E-state index contributed by atoms with van der Waals surface area (Å²) in [4.78, 5) is 30.3. The lowest BCUT2D eigenvalue weighted by molar-refractivity contribution is -0.140. The lowest BCUT2D eigenvalue weighted by Crippen LogP contribution is -2.38. The molecular weight excluding hydrogens is 480 g/mol. The number of rotatable bonds is 9. The fourth-order valence-electron chi connectivity index (χ4n) is 4.58. The number of hydrogen-bond donors (Lipinski definition) is 1. The quantitative estimate of drug-likeness (QED) is 0.304. The Morgan fingerprint density at radius 3 is 2.33 bits per heavy atom. The Morgan fingerprint density at radius 1 is 1.03 bits per heavy atom. The minimum absolute atomic E-state index is 0. The molecule has 2 aromatic rings. The molecule has 0 spiro atoms. The van der Waals surface area contributed by atoms with Crippen LogP contribution >= 0.6 is 12.4 Å². The van der Waals surface area contributed by atoms with Gasteiger partial charge in [0.05, 0.1) is 31.4 Å². The first-order chi connectivity index (χ1) is 17.0. The topological polar surface area (TPSA) is 79.3 Å². The fraction of sp³-hybridized carbons (Fsp3) is 0.429. The number of Topliss-reactive ketones (excluding diaryl/α,β-unsaturated/α-hetero) is 1. The van der Waals surface area contributed by atoms with E-state index in [1.807, 2.05) is 50.2 Å². The maximum absolute atomic E-state index is 13.2. The molecule has 2 aromatic carbocycles. The summed E-state index contributed by atoms with van der Waals surface area (Å²) in [5.41, 5.74) is 2.47. The Balaban J connectivity index is 0.00000361. The van der Waals surface area contributed by atoms with Crippen LogP contribution in [0.15, 0.2) is 54.1 Å². The van der Waals surface area contributed by atoms with Crippen LogP contribution in [0.2, 0.25) is 0 Å². The number of carbonyl (C=O) groups excluding carboxylic acids is 2. The second kappa shape index (κ2) is 12.9. The van der Waals surface area contributed by atoms with Gasteiger partial charge in [0.25, 0.3) is 11.7 Å². The lowest BCUT2D eigenvalue weighted by atomic mass is 9.95. The highest BCUT2D eigenvalue weighted by atomic mass is 35.5. The summed E-state index contributed by atoms with van der Waals surface area (Å²) in [6.45, 7) is 9.03. The summed E-state index contributed by atoms with van der Waals surface area (Å²) in [5.74, 6) is -0.628. The van der Waals surface area contributed by atoms with Crippen LogP contribution in [0.3, 0.4) is 0 Å². The summed E-state index contributed by atoms with van der Waals surface area (Å²) in [6, 6.07) is 14.1. The van der Waals surface area contributed by atoms with Gasteiger partial charge in [0.1, 0.15) is 11.5 Å². The second-order valence-corrected chi connectivity index (χ2v) is 9.08. The molecule has 0 saturated carbocycles. The highest BCUT2D eigenvalue weighted by Crippen LogP contribution is 2.40. The first kappa shape index (κ1) is 27.7. The van der Waals surface area contributed by atoms with Crippen molar-refractivity contribution < 1.29 is 24.2 Å². The molecule has 0 bridgehead atoms. The number of aliphatic hydroxyl groups excluding tert-OH is 1. The molecule has 0 radical (unpaired) electrons. The van der Waals surface area contributed by atoms with E-state index in [1.54, 1.807) is 17.0 Å². The van der Waals surface area contributed by atoms with Gasteiger partial charge in [-0.3, -0.25) is 14.5 Å². The third-order valence-electron chi connectivity index (χ3n) is 6.51. The number of halogens is 1. The van der Waals surface area contributed by atoms with E-state index in [2.05, 4.69) is 4.90 Å². The summed E-state index contributed by atoms with van der Waals surface area (Å²) >= 11 is 0. The van der Waals surface area contributed by atoms with Gasteiger partial charge in [-0.05, 0) is 37.5 Å². The number of aryl methyl sites for hydroxylation is 1. The van der Waals surface area contributed by atoms with Gasteiger partial charge in [-0.25, -0.2) is 0 Å². The van der Waals surface area contributed by atoms with E-state index >= 15 is 0 Å². The van der Waals surface area contributed by atoms with Crippen LogP contribution in [-0.4, -0.2) is 72.6 Å². The van der Waals surface area contributed by atoms with Gasteiger partial charge in [-0.2, -0.15) is 0 Å². The van der Waals surface area contributed by atoms with Crippen LogP contribution in [-0.2, 0) is 14.3 Å². The number of hydrogen-bond acceptors (Lipinski definition) is 6. The molecule has 2 aliphatic rings. The van der Waals surface area contributed by atoms with Gasteiger partial charge in [-0.15, -0.1) is 12.4 Å². The Labute approximate surface area is 219 Å². The molecule has 2 heterocycles. The van der Waals surface area contributed by atoms with E-state index in [-0.39, 0.29) is 23.7 Å². The number of benzene rings is 2. The van der Waals surface area contributed by atoms with Gasteiger partial charge in [0, 0.05) is 31.7 Å². The molecule has 1 unspecified atom stereocenters. The van der Waals surface area contributed by atoms with Crippen molar-refractivity contribution in [1.82, 2.24) is 9.80 Å². The lowest BCUT2D eigenvalue weighted by Gasteiger charge is -2.29. The Morgan fingerprint density at radius 2 is 1.69 bits per heavy atom. The smallest absolute Gasteiger partial charge is 0.295 e. The van der Waals surface area contributed by atoms with E-state index in [4.69, 9.17) is 9.47 Å². The SMILES string of the molecule is CCCOc1ccc(C2C(=C(O)c3ccc(C)cc3)C(=O)C(=O)N2CCCN2CCOCC2)cc1.Cl. The average Bonchev–Trinajstić information content (AvgIpc) is 3.13. The minimum atomic E-state index is -0.652. The van der Waals surface area contributed by atoms with Crippen molar-refractivity contribution in [3.63, 3.8) is 0 Å². The van der Waals surface area contributed by atoms with E-state index in [0.717, 1.165) is 49.4 Å². The van der Waals surface area contributed by atoms with Gasteiger partial charge in [0.2, 0.25) is 0 Å². The van der Waals surface area contributed by atoms with Gasteiger partial charge in [0.15, 0.2) is 0 Å². The molecule has 2 saturated heterocycles. The van der Waals surface area contributed by atoms with Crippen molar-refractivity contribution in [2.45, 2.75) is 32.7 Å². The molecule has 1 amide bonds. The average molecular weight is 515 g/mol. The van der Waals surface area contributed by atoms with Crippen molar-refractivity contribution in [2.24, 2.45) is 0 Å². The molecule has 1 atom stereocenters. The first-order valence-electron chi connectivity index (χ1n) is 12.4. The largest absolute Gasteiger partial charge is 0.507 e. The molecule has 4 rings (SSSR count). The van der Waals surface area contributed by atoms with Crippen LogP contribution in [0, 0.1) is 6.92 Å². The van der Waals surface area contributed by atoms with Gasteiger partial charge >= 0.3 is 0 Å². The van der Waals surface area contributed by atoms with Crippen molar-refractivity contribution in [1.29, 1.82) is 0 Å². The summed E-state index contributed by atoms with van der Waals surface area (Å²) in [6.07, 6.45) is 1.63. The predicted molar refractivity (Wildman–Crippen MR) is 142 cm³/mol. The third-order valence-corrected chi connectivity index (χ3v) is 6.51. The zero-order valence-electron chi connectivity index (χ0n) is 20.9. The van der Waals surface area contributed by atoms with Crippen LogP contribution in [0.5, 0.6) is 5.75 Å². The number of nitrogens with zero attached hydrogens (tertiary/aromatic N) is 2. The van der Waals surface area contributed by atoms with Gasteiger partial charge in [-0.1, -0.05) is 48.9 Å². The standard InChI is InChI=1S/C28H34N2O5.ClH/c1-3-17-35-23-11-9-21(10-12-23)25-24(26(31)22-7-5-20(2)6-8-22)27(32)28(33)30(25)14-4-13-29-15-18-34-19-16-29;/h5-12,25,31H,3-4,13-19H2,1-2H3;1H. The number of amides is 1. The summed E-state index contributed by atoms with van der Waals surface area (Å²) in [5, 5.41) is 11.2. The first-order valence-corrected chi connectivity index (χ1v) is 12.4. The molecular formula is C28H35ClN2O5. The maximum atomic E-state index is 13.2. The summed E-state index contributed by atoms with van der Waals surface area (Å²) < 4.78 is 11.1. The van der Waals surface area contributed by atoms with E-state index in [0.29, 0.717) is 31.9 Å². The second-order valence-electron chi connectivity index (χ2n) is 9.08. The van der Waals surface area contributed by atoms with Crippen molar-refractivity contribution in [3.05, 3.63) is 70.8 Å². The molecule has 2 fully saturated rings. The predicted octanol–water partition coefficient (Wildman–Crippen LogP) is 4.35. The van der Waals surface area contributed by atoms with Crippen LogP contribution in [0.4, 0.5) is 0 Å². The van der Waals surface area contributed by atoms with Crippen LogP contribution in [0.25, 0.3) is 5.76 Å². The Hall–Kier alpha value is -2.87. The summed E-state index contributed by atoms with van der Waals surface area (Å²) in [7, 11) is 0. The number of ketones is 1. The van der Waals surface area contributed by atoms with E-state index in [9.17, 15) is 14.7 Å². The normalized spacial score (nSPS) is 19.8. The molecule has 2 aliphatic heterocycles. The molecule has 7 nitrogen and oxygen atoms in total. The van der Waals surface area contributed by atoms with E-state index < -0.39 is 17.7 Å². The van der Waals surface area contributed by atoms with Crippen LogP contribution < -0.4 is 4.74 Å². The van der Waals surface area contributed by atoms with Crippen molar-refractivity contribution >= 4 is 29.9 Å². The monoisotopic (exact) mass is 514 g/mol. The highest BCUT2D eigenvalue weighted by Gasteiger charge is 2.45. The fourth-order valence-corrected chi connectivity index (χ4v) is 4.58. The zero-order chi connectivity index (χ0) is 24.8. The molecule has 0 aliphatic carbocycles. The molecule has 36 heavy (non-hydrogen) atoms. The number of morpholine rings is 1. The third kappa shape index (κ3) is 6.27. The Bertz CT molecular complexity index is 1060. The maximum Gasteiger partial charge on any atom is 0.295 e. The molecule has 194 valence electrons. The van der Waals surface area contributed by atoms with E-state index in [1.165, 1.54) is 0 Å². The number of likely N-dealkylation sites (tertiary alicyclic amines) is 1. The van der Waals surface area contributed by atoms with Crippen molar-refractivity contribution in [2.75, 3.05) is 46.0 Å². The Kier molecular flexibility index (Phi) is 9.93. The molecule has 0 aromatic heterocycles.